The van der Waals surface area contributed by atoms with Crippen molar-refractivity contribution in [2.75, 3.05) is 0 Å². The number of nitrogens with zero attached hydrogens (tertiary/aromatic N) is 4. The van der Waals surface area contributed by atoms with Gasteiger partial charge in [-0.25, -0.2) is 15.0 Å². The maximum atomic E-state index is 6.58. The van der Waals surface area contributed by atoms with Crippen LogP contribution in [0.2, 0.25) is 0 Å². The lowest BCUT2D eigenvalue weighted by Crippen LogP contribution is -2.00. The summed E-state index contributed by atoms with van der Waals surface area (Å²) in [6.45, 7) is 0. The Kier molecular flexibility index (Phi) is 6.11. The van der Waals surface area contributed by atoms with E-state index in [0.29, 0.717) is 17.5 Å². The maximum absolute atomic E-state index is 6.58. The van der Waals surface area contributed by atoms with Gasteiger partial charge in [-0.15, -0.1) is 0 Å². The Labute approximate surface area is 281 Å². The number of para-hydroxylation sites is 1. The number of furan rings is 1. The molecule has 0 aliphatic rings. The van der Waals surface area contributed by atoms with E-state index in [1.54, 1.807) is 0 Å². The van der Waals surface area contributed by atoms with Gasteiger partial charge in [0.15, 0.2) is 17.5 Å². The summed E-state index contributed by atoms with van der Waals surface area (Å²) >= 11 is 0. The Morgan fingerprint density at radius 1 is 0.408 bits per heavy atom. The minimum Gasteiger partial charge on any atom is -0.455 e. The van der Waals surface area contributed by atoms with Crippen LogP contribution in [0.3, 0.4) is 0 Å². The molecule has 49 heavy (non-hydrogen) atoms. The molecule has 0 aliphatic carbocycles. The summed E-state index contributed by atoms with van der Waals surface area (Å²) in [4.78, 5) is 20.2. The smallest absolute Gasteiger partial charge is 0.164 e. The van der Waals surface area contributed by atoms with Crippen LogP contribution < -0.4 is 0 Å². The van der Waals surface area contributed by atoms with E-state index in [9.17, 15) is 0 Å². The fraction of sp³-hybridized carbons (Fsp3) is 0. The van der Waals surface area contributed by atoms with Crippen molar-refractivity contribution in [3.05, 3.63) is 158 Å². The van der Waals surface area contributed by atoms with E-state index >= 15 is 0 Å². The van der Waals surface area contributed by atoms with Gasteiger partial charge >= 0.3 is 0 Å². The standard InChI is InChI=1S/C44H26N4O/c1-3-11-27(12-4-1)33-22-23-35(40-34-17-9-10-18-38(34)49-41(33)40)44-47-42(29-14-5-2-6-15-29)46-43(48-44)30-21-24-37-36(25-30)39-31(26-45-37)20-19-28-13-7-8-16-32(28)39/h1-26H. The number of hydrogen-bond acceptors (Lipinski definition) is 5. The fourth-order valence-electron chi connectivity index (χ4n) is 7.03. The second-order valence-electron chi connectivity index (χ2n) is 12.2. The molecule has 228 valence electrons. The van der Waals surface area contributed by atoms with Crippen molar-refractivity contribution in [3.8, 4) is 45.3 Å². The predicted molar refractivity (Wildman–Crippen MR) is 199 cm³/mol. The van der Waals surface area contributed by atoms with Crippen LogP contribution in [0.4, 0.5) is 0 Å². The van der Waals surface area contributed by atoms with E-state index in [2.05, 4.69) is 84.9 Å². The first-order chi connectivity index (χ1) is 24.3. The lowest BCUT2D eigenvalue weighted by molar-refractivity contribution is 0.670. The number of pyridine rings is 1. The van der Waals surface area contributed by atoms with Crippen molar-refractivity contribution in [2.45, 2.75) is 0 Å². The number of benzene rings is 7. The van der Waals surface area contributed by atoms with Crippen molar-refractivity contribution in [3.63, 3.8) is 0 Å². The van der Waals surface area contributed by atoms with Gasteiger partial charge in [-0.3, -0.25) is 4.98 Å². The molecule has 0 bridgehead atoms. The third-order valence-electron chi connectivity index (χ3n) is 9.35. The van der Waals surface area contributed by atoms with Gasteiger partial charge in [-0.1, -0.05) is 115 Å². The lowest BCUT2D eigenvalue weighted by Gasteiger charge is -2.12. The van der Waals surface area contributed by atoms with Crippen LogP contribution in [0.15, 0.2) is 162 Å². The summed E-state index contributed by atoms with van der Waals surface area (Å²) in [5.41, 5.74) is 7.36. The molecule has 0 fully saturated rings. The molecule has 0 saturated heterocycles. The Hall–Kier alpha value is -6.72. The minimum absolute atomic E-state index is 0.585. The normalized spacial score (nSPS) is 11.7. The molecule has 10 aromatic rings. The molecular formula is C44H26N4O. The Morgan fingerprint density at radius 2 is 1.06 bits per heavy atom. The Morgan fingerprint density at radius 3 is 1.90 bits per heavy atom. The van der Waals surface area contributed by atoms with E-state index < -0.39 is 0 Å². The van der Waals surface area contributed by atoms with Crippen LogP contribution in [0, 0.1) is 0 Å². The molecule has 0 amide bonds. The molecule has 3 heterocycles. The van der Waals surface area contributed by atoms with E-state index in [0.717, 1.165) is 66.0 Å². The first-order valence-electron chi connectivity index (χ1n) is 16.3. The van der Waals surface area contributed by atoms with Gasteiger partial charge in [0, 0.05) is 55.4 Å². The molecule has 0 aliphatic heterocycles. The van der Waals surface area contributed by atoms with E-state index in [1.165, 1.54) is 16.2 Å². The molecule has 3 aromatic heterocycles. The Balaban J connectivity index is 1.25. The number of rotatable bonds is 4. The fourth-order valence-corrected chi connectivity index (χ4v) is 7.03. The summed E-state index contributed by atoms with van der Waals surface area (Å²) < 4.78 is 6.58. The van der Waals surface area contributed by atoms with Gasteiger partial charge in [-0.05, 0) is 52.7 Å². The minimum atomic E-state index is 0.585. The molecule has 7 aromatic carbocycles. The topological polar surface area (TPSA) is 64.7 Å². The number of fused-ring (bicyclic) bond motifs is 8. The van der Waals surface area contributed by atoms with Gasteiger partial charge in [0.1, 0.15) is 11.2 Å². The van der Waals surface area contributed by atoms with Crippen molar-refractivity contribution in [1.82, 2.24) is 19.9 Å². The van der Waals surface area contributed by atoms with Crippen LogP contribution in [-0.2, 0) is 0 Å². The second kappa shape index (κ2) is 10.9. The van der Waals surface area contributed by atoms with Gasteiger partial charge in [-0.2, -0.15) is 0 Å². The molecule has 0 unspecified atom stereocenters. The zero-order chi connectivity index (χ0) is 32.3. The first kappa shape index (κ1) is 27.4. The van der Waals surface area contributed by atoms with Crippen LogP contribution in [0.25, 0.3) is 99.7 Å². The van der Waals surface area contributed by atoms with Gasteiger partial charge in [0.05, 0.1) is 5.52 Å². The molecule has 0 radical (unpaired) electrons. The molecule has 0 spiro atoms. The van der Waals surface area contributed by atoms with Crippen LogP contribution in [-0.4, -0.2) is 19.9 Å². The molecule has 10 rings (SSSR count). The van der Waals surface area contributed by atoms with E-state index in [4.69, 9.17) is 24.4 Å². The zero-order valence-corrected chi connectivity index (χ0v) is 26.2. The van der Waals surface area contributed by atoms with Crippen molar-refractivity contribution in [2.24, 2.45) is 0 Å². The molecule has 0 saturated carbocycles. The lowest BCUT2D eigenvalue weighted by atomic mass is 9.97. The highest BCUT2D eigenvalue weighted by Crippen LogP contribution is 2.42. The van der Waals surface area contributed by atoms with Crippen LogP contribution >= 0.6 is 0 Å². The molecule has 5 heteroatoms. The number of hydrogen-bond donors (Lipinski definition) is 0. The van der Waals surface area contributed by atoms with Crippen molar-refractivity contribution >= 4 is 54.4 Å². The van der Waals surface area contributed by atoms with Gasteiger partial charge in [0.25, 0.3) is 0 Å². The van der Waals surface area contributed by atoms with Crippen molar-refractivity contribution < 1.29 is 4.42 Å². The zero-order valence-electron chi connectivity index (χ0n) is 26.2. The quantitative estimate of drug-likeness (QED) is 0.182. The first-order valence-corrected chi connectivity index (χ1v) is 16.3. The number of aromatic nitrogens is 4. The highest BCUT2D eigenvalue weighted by molar-refractivity contribution is 6.20. The van der Waals surface area contributed by atoms with E-state index in [1.807, 2.05) is 72.9 Å². The Bertz CT molecular complexity index is 2870. The van der Waals surface area contributed by atoms with Gasteiger partial charge < -0.3 is 4.42 Å². The third-order valence-corrected chi connectivity index (χ3v) is 9.35. The van der Waals surface area contributed by atoms with Crippen molar-refractivity contribution in [1.29, 1.82) is 0 Å². The molecule has 0 atom stereocenters. The third kappa shape index (κ3) is 4.48. The molecule has 0 N–H and O–H groups in total. The maximum Gasteiger partial charge on any atom is 0.164 e. The monoisotopic (exact) mass is 626 g/mol. The van der Waals surface area contributed by atoms with E-state index in [-0.39, 0.29) is 0 Å². The average molecular weight is 627 g/mol. The largest absolute Gasteiger partial charge is 0.455 e. The predicted octanol–water partition coefficient (Wildman–Crippen LogP) is 11.3. The van der Waals surface area contributed by atoms with Gasteiger partial charge in [0.2, 0.25) is 0 Å². The molecular weight excluding hydrogens is 601 g/mol. The summed E-state index contributed by atoms with van der Waals surface area (Å²) in [5.74, 6) is 1.79. The SMILES string of the molecule is c1ccc(-c2nc(-c3ccc4ncc5ccc6ccccc6c5c4c3)nc(-c3ccc(-c4ccccc4)c4oc5ccccc5c34)n2)cc1. The summed E-state index contributed by atoms with van der Waals surface area (Å²) in [6.07, 6.45) is 1.96. The van der Waals surface area contributed by atoms with Crippen LogP contribution in [0.5, 0.6) is 0 Å². The van der Waals surface area contributed by atoms with Crippen LogP contribution in [0.1, 0.15) is 0 Å². The summed E-state index contributed by atoms with van der Waals surface area (Å²) in [6, 6.07) is 51.9. The summed E-state index contributed by atoms with van der Waals surface area (Å²) in [5, 5.41) is 7.71. The second-order valence-corrected chi connectivity index (χ2v) is 12.2. The molecule has 5 nitrogen and oxygen atoms in total. The highest BCUT2D eigenvalue weighted by Gasteiger charge is 2.21. The average Bonchev–Trinajstić information content (AvgIpc) is 3.57. The highest BCUT2D eigenvalue weighted by atomic mass is 16.3. The summed E-state index contributed by atoms with van der Waals surface area (Å²) in [7, 11) is 0.